The number of nitrogens with one attached hydrogen (secondary N) is 1. The molecule has 4 aromatic rings. The Morgan fingerprint density at radius 1 is 0.971 bits per heavy atom. The summed E-state index contributed by atoms with van der Waals surface area (Å²) < 4.78 is 66.7. The van der Waals surface area contributed by atoms with Crippen LogP contribution in [0, 0.1) is 6.92 Å². The number of imidazole rings is 1. The summed E-state index contributed by atoms with van der Waals surface area (Å²) in [6.07, 6.45) is -3.03. The van der Waals surface area contributed by atoms with Crippen molar-refractivity contribution in [3.63, 3.8) is 0 Å². The number of nitrogens with zero attached hydrogens (tertiary/aromatic N) is 2. The molecule has 0 unspecified atom stereocenters. The Morgan fingerprint density at radius 2 is 1.66 bits per heavy atom. The number of anilines is 1. The average Bonchev–Trinajstić information content (AvgIpc) is 3.26. The van der Waals surface area contributed by atoms with Crippen LogP contribution in [0.1, 0.15) is 11.1 Å². The zero-order valence-electron chi connectivity index (χ0n) is 18.5. The first-order valence-corrected chi connectivity index (χ1v) is 12.1. The van der Waals surface area contributed by atoms with E-state index in [2.05, 4.69) is 10.3 Å². The lowest BCUT2D eigenvalue weighted by Gasteiger charge is -2.11. The van der Waals surface area contributed by atoms with Gasteiger partial charge in [-0.1, -0.05) is 54.1 Å². The SMILES string of the molecule is Cc1ccc(-c2cn(-c3ccccc3)c(S(=O)(=O)CC(=O)Nc3cccc(C(F)(F)F)c3)n2)cc1. The van der Waals surface area contributed by atoms with Crippen LogP contribution in [0.25, 0.3) is 16.9 Å². The maximum atomic E-state index is 13.2. The number of sulfone groups is 1. The van der Waals surface area contributed by atoms with Crippen LogP contribution in [0.4, 0.5) is 18.9 Å². The smallest absolute Gasteiger partial charge is 0.325 e. The van der Waals surface area contributed by atoms with E-state index >= 15 is 0 Å². The fourth-order valence-corrected chi connectivity index (χ4v) is 4.67. The number of hydrogen-bond donors (Lipinski definition) is 1. The van der Waals surface area contributed by atoms with E-state index in [0.29, 0.717) is 16.9 Å². The summed E-state index contributed by atoms with van der Waals surface area (Å²) in [6, 6.07) is 20.0. The monoisotopic (exact) mass is 499 g/mol. The molecule has 3 aromatic carbocycles. The van der Waals surface area contributed by atoms with Crippen LogP contribution < -0.4 is 5.32 Å². The summed E-state index contributed by atoms with van der Waals surface area (Å²) in [5.74, 6) is -1.98. The fourth-order valence-electron chi connectivity index (χ4n) is 3.43. The summed E-state index contributed by atoms with van der Waals surface area (Å²) >= 11 is 0. The zero-order chi connectivity index (χ0) is 25.2. The summed E-state index contributed by atoms with van der Waals surface area (Å²) in [6.45, 7) is 1.92. The first-order chi connectivity index (χ1) is 16.5. The van der Waals surface area contributed by atoms with Gasteiger partial charge in [-0.3, -0.25) is 9.36 Å². The van der Waals surface area contributed by atoms with Gasteiger partial charge in [0.25, 0.3) is 0 Å². The van der Waals surface area contributed by atoms with Gasteiger partial charge in [0.05, 0.1) is 11.3 Å². The number of amides is 1. The molecule has 0 aliphatic heterocycles. The molecule has 4 rings (SSSR count). The molecule has 0 aliphatic rings. The van der Waals surface area contributed by atoms with E-state index in [4.69, 9.17) is 0 Å². The molecule has 10 heteroatoms. The van der Waals surface area contributed by atoms with Gasteiger partial charge in [0.15, 0.2) is 0 Å². The third kappa shape index (κ3) is 5.60. The third-order valence-corrected chi connectivity index (χ3v) is 6.61. The van der Waals surface area contributed by atoms with Gasteiger partial charge in [0.2, 0.25) is 20.9 Å². The number of aromatic nitrogens is 2. The Balaban J connectivity index is 1.66. The zero-order valence-corrected chi connectivity index (χ0v) is 19.3. The number of aryl methyl sites for hydroxylation is 1. The van der Waals surface area contributed by atoms with Gasteiger partial charge >= 0.3 is 6.18 Å². The Morgan fingerprint density at radius 3 is 2.31 bits per heavy atom. The molecule has 0 fully saturated rings. The molecule has 1 N–H and O–H groups in total. The quantitative estimate of drug-likeness (QED) is 0.392. The van der Waals surface area contributed by atoms with Crippen LogP contribution in [0.15, 0.2) is 90.2 Å². The van der Waals surface area contributed by atoms with Crippen molar-refractivity contribution >= 4 is 21.4 Å². The number of carbonyl (C=O) groups is 1. The van der Waals surface area contributed by atoms with Crippen molar-refractivity contribution in [1.82, 2.24) is 9.55 Å². The highest BCUT2D eigenvalue weighted by molar-refractivity contribution is 7.92. The third-order valence-electron chi connectivity index (χ3n) is 5.13. The number of alkyl halides is 3. The number of hydrogen-bond acceptors (Lipinski definition) is 4. The van der Waals surface area contributed by atoms with Crippen LogP contribution in [0.5, 0.6) is 0 Å². The largest absolute Gasteiger partial charge is 0.416 e. The maximum absolute atomic E-state index is 13.2. The highest BCUT2D eigenvalue weighted by Crippen LogP contribution is 2.31. The number of halogens is 3. The molecular formula is C25H20F3N3O3S. The molecule has 0 saturated carbocycles. The predicted octanol–water partition coefficient (Wildman–Crippen LogP) is 5.28. The van der Waals surface area contributed by atoms with Crippen LogP contribution in [0.3, 0.4) is 0 Å². The molecule has 0 spiro atoms. The van der Waals surface area contributed by atoms with Crippen LogP contribution >= 0.6 is 0 Å². The van der Waals surface area contributed by atoms with E-state index in [9.17, 15) is 26.4 Å². The van der Waals surface area contributed by atoms with Crippen molar-refractivity contribution in [3.8, 4) is 16.9 Å². The second kappa shape index (κ2) is 9.38. The molecule has 0 radical (unpaired) electrons. The number of benzene rings is 3. The normalized spacial score (nSPS) is 11.9. The van der Waals surface area contributed by atoms with Gasteiger partial charge in [-0.25, -0.2) is 13.4 Å². The highest BCUT2D eigenvalue weighted by atomic mass is 32.2. The first kappa shape index (κ1) is 24.2. The molecule has 180 valence electrons. The minimum Gasteiger partial charge on any atom is -0.325 e. The second-order valence-corrected chi connectivity index (χ2v) is 9.75. The molecule has 1 amide bonds. The lowest BCUT2D eigenvalue weighted by atomic mass is 10.1. The van der Waals surface area contributed by atoms with Crippen molar-refractivity contribution in [3.05, 3.63) is 96.2 Å². The van der Waals surface area contributed by atoms with Gasteiger partial charge in [-0.2, -0.15) is 13.2 Å². The first-order valence-electron chi connectivity index (χ1n) is 10.4. The molecule has 35 heavy (non-hydrogen) atoms. The Hall–Kier alpha value is -3.92. The number of rotatable bonds is 6. The fraction of sp³-hybridized carbons (Fsp3) is 0.120. The lowest BCUT2D eigenvalue weighted by Crippen LogP contribution is -2.25. The molecule has 1 aromatic heterocycles. The minimum atomic E-state index is -4.60. The van der Waals surface area contributed by atoms with Crippen LogP contribution in [0.2, 0.25) is 0 Å². The Labute approximate surface area is 200 Å². The maximum Gasteiger partial charge on any atom is 0.416 e. The number of carbonyl (C=O) groups excluding carboxylic acids is 1. The summed E-state index contributed by atoms with van der Waals surface area (Å²) in [5.41, 5.74) is 1.51. The van der Waals surface area contributed by atoms with Gasteiger partial charge in [-0.05, 0) is 37.3 Å². The second-order valence-electron chi connectivity index (χ2n) is 7.87. The van der Waals surface area contributed by atoms with Gasteiger partial charge in [-0.15, -0.1) is 0 Å². The minimum absolute atomic E-state index is 0.160. The van der Waals surface area contributed by atoms with Crippen molar-refractivity contribution in [2.45, 2.75) is 18.3 Å². The van der Waals surface area contributed by atoms with Crippen molar-refractivity contribution in [1.29, 1.82) is 0 Å². The summed E-state index contributed by atoms with van der Waals surface area (Å²) in [7, 11) is -4.27. The highest BCUT2D eigenvalue weighted by Gasteiger charge is 2.31. The van der Waals surface area contributed by atoms with E-state index in [0.717, 1.165) is 23.8 Å². The summed E-state index contributed by atoms with van der Waals surface area (Å²) in [4.78, 5) is 16.8. The molecular weight excluding hydrogens is 479 g/mol. The lowest BCUT2D eigenvalue weighted by molar-refractivity contribution is -0.137. The van der Waals surface area contributed by atoms with Gasteiger partial charge in [0, 0.05) is 23.1 Å². The van der Waals surface area contributed by atoms with Crippen molar-refractivity contribution in [2.24, 2.45) is 0 Å². The standard InChI is InChI=1S/C25H20F3N3O3S/c1-17-10-12-18(13-11-17)22-15-31(21-8-3-2-4-9-21)24(30-22)35(33,34)16-23(32)29-20-7-5-6-19(14-20)25(26,27)28/h2-15H,16H2,1H3,(H,29,32). The van der Waals surface area contributed by atoms with E-state index < -0.39 is 33.2 Å². The van der Waals surface area contributed by atoms with E-state index in [-0.39, 0.29) is 10.8 Å². The molecule has 0 bridgehead atoms. The van der Waals surface area contributed by atoms with Crippen LogP contribution in [-0.4, -0.2) is 29.6 Å². The molecule has 1 heterocycles. The molecule has 6 nitrogen and oxygen atoms in total. The van der Waals surface area contributed by atoms with E-state index in [1.165, 1.54) is 10.6 Å². The van der Waals surface area contributed by atoms with Crippen LogP contribution in [-0.2, 0) is 20.8 Å². The molecule has 0 saturated heterocycles. The number of para-hydroxylation sites is 1. The Kier molecular flexibility index (Phi) is 6.49. The molecule has 0 atom stereocenters. The average molecular weight is 500 g/mol. The predicted molar refractivity (Wildman–Crippen MR) is 126 cm³/mol. The topological polar surface area (TPSA) is 81.1 Å². The van der Waals surface area contributed by atoms with Gasteiger partial charge < -0.3 is 5.32 Å². The van der Waals surface area contributed by atoms with Crippen molar-refractivity contribution in [2.75, 3.05) is 11.1 Å². The summed E-state index contributed by atoms with van der Waals surface area (Å²) in [5, 5.41) is 1.88. The molecule has 0 aliphatic carbocycles. The van der Waals surface area contributed by atoms with E-state index in [1.807, 2.05) is 31.2 Å². The Bertz CT molecular complexity index is 1460. The van der Waals surface area contributed by atoms with Crippen molar-refractivity contribution < 1.29 is 26.4 Å². The van der Waals surface area contributed by atoms with Gasteiger partial charge in [0.1, 0.15) is 5.75 Å². The van der Waals surface area contributed by atoms with E-state index in [1.54, 1.807) is 36.5 Å².